The minimum Gasteiger partial charge on any atom is -0.361 e. The molecule has 1 unspecified atom stereocenters. The molecule has 0 spiro atoms. The van der Waals surface area contributed by atoms with Crippen molar-refractivity contribution >= 4 is 16.5 Å². The van der Waals surface area contributed by atoms with Gasteiger partial charge in [0.15, 0.2) is 5.13 Å². The number of hydrogen-bond donors (Lipinski definition) is 1. The van der Waals surface area contributed by atoms with Crippen molar-refractivity contribution < 1.29 is 0 Å². The Labute approximate surface area is 89.1 Å². The summed E-state index contributed by atoms with van der Waals surface area (Å²) < 4.78 is 0. The average molecular weight is 208 g/mol. The van der Waals surface area contributed by atoms with E-state index in [-0.39, 0.29) is 0 Å². The Morgan fingerprint density at radius 3 is 3.14 bits per heavy atom. The Kier molecular flexibility index (Phi) is 3.19. The van der Waals surface area contributed by atoms with Crippen molar-refractivity contribution in [3.05, 3.63) is 23.2 Å². The summed E-state index contributed by atoms with van der Waals surface area (Å²) in [6, 6.07) is 0. The maximum absolute atomic E-state index is 4.38. The normalized spacial score (nSPS) is 21.1. The summed E-state index contributed by atoms with van der Waals surface area (Å²) in [5, 5.41) is 6.56. The Bertz CT molecular complexity index is 317. The second kappa shape index (κ2) is 4.60. The molecule has 0 fully saturated rings. The van der Waals surface area contributed by atoms with E-state index in [0.717, 1.165) is 23.3 Å². The Balaban J connectivity index is 1.79. The number of anilines is 1. The van der Waals surface area contributed by atoms with Gasteiger partial charge < -0.3 is 5.32 Å². The highest BCUT2D eigenvalue weighted by Crippen LogP contribution is 2.20. The van der Waals surface area contributed by atoms with Gasteiger partial charge in [-0.15, -0.1) is 11.3 Å². The maximum Gasteiger partial charge on any atom is 0.182 e. The fourth-order valence-corrected chi connectivity index (χ4v) is 2.41. The lowest BCUT2D eigenvalue weighted by molar-refractivity contribution is 0.504. The first kappa shape index (κ1) is 9.71. The van der Waals surface area contributed by atoms with Gasteiger partial charge in [0.05, 0.1) is 5.69 Å². The fraction of sp³-hybridized carbons (Fsp3) is 0.545. The SMILES string of the molecule is Cc1csc(NCC2CC=CCC2)n1. The van der Waals surface area contributed by atoms with Gasteiger partial charge in [0.2, 0.25) is 0 Å². The van der Waals surface area contributed by atoms with Crippen molar-refractivity contribution in [1.29, 1.82) is 0 Å². The van der Waals surface area contributed by atoms with Gasteiger partial charge >= 0.3 is 0 Å². The van der Waals surface area contributed by atoms with Crippen LogP contribution < -0.4 is 5.32 Å². The first-order valence-corrected chi connectivity index (χ1v) is 6.03. The van der Waals surface area contributed by atoms with E-state index in [1.807, 2.05) is 6.92 Å². The highest BCUT2D eigenvalue weighted by Gasteiger charge is 2.09. The summed E-state index contributed by atoms with van der Waals surface area (Å²) in [5.41, 5.74) is 1.11. The van der Waals surface area contributed by atoms with Crippen molar-refractivity contribution in [2.24, 2.45) is 5.92 Å². The molecule has 0 bridgehead atoms. The lowest BCUT2D eigenvalue weighted by Gasteiger charge is -2.17. The molecule has 1 aromatic rings. The van der Waals surface area contributed by atoms with Crippen molar-refractivity contribution in [3.63, 3.8) is 0 Å². The number of thiazole rings is 1. The van der Waals surface area contributed by atoms with Crippen LogP contribution in [0.1, 0.15) is 25.0 Å². The molecule has 1 N–H and O–H groups in total. The van der Waals surface area contributed by atoms with E-state index in [1.165, 1.54) is 19.3 Å². The molecule has 0 radical (unpaired) electrons. The third-order valence-electron chi connectivity index (χ3n) is 2.54. The lowest BCUT2D eigenvalue weighted by Crippen LogP contribution is -2.15. The molecule has 0 aromatic carbocycles. The van der Waals surface area contributed by atoms with Gasteiger partial charge in [0.1, 0.15) is 0 Å². The second-order valence-corrected chi connectivity index (χ2v) is 4.68. The summed E-state index contributed by atoms with van der Waals surface area (Å²) in [6.07, 6.45) is 8.35. The van der Waals surface area contributed by atoms with Crippen LogP contribution in [-0.2, 0) is 0 Å². The van der Waals surface area contributed by atoms with Gasteiger partial charge in [-0.05, 0) is 32.1 Å². The highest BCUT2D eigenvalue weighted by atomic mass is 32.1. The molecule has 1 aromatic heterocycles. The molecule has 14 heavy (non-hydrogen) atoms. The van der Waals surface area contributed by atoms with E-state index >= 15 is 0 Å². The van der Waals surface area contributed by atoms with Crippen LogP contribution in [-0.4, -0.2) is 11.5 Å². The summed E-state index contributed by atoms with van der Waals surface area (Å²) in [5.74, 6) is 0.796. The number of aryl methyl sites for hydroxylation is 1. The van der Waals surface area contributed by atoms with E-state index in [9.17, 15) is 0 Å². The average Bonchev–Trinajstić information content (AvgIpc) is 2.63. The van der Waals surface area contributed by atoms with Crippen molar-refractivity contribution in [1.82, 2.24) is 4.98 Å². The molecule has 1 heterocycles. The summed E-state index contributed by atoms with van der Waals surface area (Å²) in [6.45, 7) is 3.10. The highest BCUT2D eigenvalue weighted by molar-refractivity contribution is 7.13. The van der Waals surface area contributed by atoms with Crippen LogP contribution >= 0.6 is 11.3 Å². The van der Waals surface area contributed by atoms with Crippen LogP contribution in [0.25, 0.3) is 0 Å². The number of hydrogen-bond acceptors (Lipinski definition) is 3. The molecule has 76 valence electrons. The zero-order valence-corrected chi connectivity index (χ0v) is 9.31. The molecule has 1 atom stereocenters. The monoisotopic (exact) mass is 208 g/mol. The van der Waals surface area contributed by atoms with Crippen molar-refractivity contribution in [2.75, 3.05) is 11.9 Å². The number of aromatic nitrogens is 1. The standard InChI is InChI=1S/C11H16N2S/c1-9-8-14-11(13-9)12-7-10-5-3-2-4-6-10/h2-3,8,10H,4-7H2,1H3,(H,12,13). The van der Waals surface area contributed by atoms with Crippen molar-refractivity contribution in [2.45, 2.75) is 26.2 Å². The smallest absolute Gasteiger partial charge is 0.182 e. The molecule has 2 nitrogen and oxygen atoms in total. The Hall–Kier alpha value is -0.830. The van der Waals surface area contributed by atoms with E-state index in [4.69, 9.17) is 0 Å². The molecule has 0 aliphatic heterocycles. The first-order valence-electron chi connectivity index (χ1n) is 5.15. The number of nitrogens with one attached hydrogen (secondary N) is 1. The summed E-state index contributed by atoms with van der Waals surface area (Å²) in [4.78, 5) is 4.38. The molecule has 1 aliphatic carbocycles. The van der Waals surface area contributed by atoms with Gasteiger partial charge in [-0.25, -0.2) is 4.98 Å². The van der Waals surface area contributed by atoms with Crippen LogP contribution in [0.15, 0.2) is 17.5 Å². The third-order valence-corrected chi connectivity index (χ3v) is 3.46. The Morgan fingerprint density at radius 2 is 2.50 bits per heavy atom. The van der Waals surface area contributed by atoms with E-state index in [1.54, 1.807) is 11.3 Å². The van der Waals surface area contributed by atoms with Gasteiger partial charge in [-0.1, -0.05) is 12.2 Å². The van der Waals surface area contributed by atoms with Gasteiger partial charge in [0, 0.05) is 11.9 Å². The minimum absolute atomic E-state index is 0.796. The maximum atomic E-state index is 4.38. The molecular formula is C11H16N2S. The summed E-state index contributed by atoms with van der Waals surface area (Å²) >= 11 is 1.70. The number of allylic oxidation sites excluding steroid dienone is 2. The lowest BCUT2D eigenvalue weighted by atomic mass is 9.95. The van der Waals surface area contributed by atoms with Crippen molar-refractivity contribution in [3.8, 4) is 0 Å². The summed E-state index contributed by atoms with van der Waals surface area (Å²) in [7, 11) is 0. The minimum atomic E-state index is 0.796. The van der Waals surface area contributed by atoms with Crippen LogP contribution in [0, 0.1) is 12.8 Å². The second-order valence-electron chi connectivity index (χ2n) is 3.83. The van der Waals surface area contributed by atoms with E-state index in [2.05, 4.69) is 27.8 Å². The largest absolute Gasteiger partial charge is 0.361 e. The van der Waals surface area contributed by atoms with Gasteiger partial charge in [0.25, 0.3) is 0 Å². The third kappa shape index (κ3) is 2.58. The van der Waals surface area contributed by atoms with Gasteiger partial charge in [-0.2, -0.15) is 0 Å². The molecule has 3 heteroatoms. The molecule has 0 saturated heterocycles. The molecule has 1 aliphatic rings. The zero-order chi connectivity index (χ0) is 9.80. The first-order chi connectivity index (χ1) is 6.84. The quantitative estimate of drug-likeness (QED) is 0.771. The van der Waals surface area contributed by atoms with E-state index < -0.39 is 0 Å². The van der Waals surface area contributed by atoms with Crippen LogP contribution in [0.4, 0.5) is 5.13 Å². The Morgan fingerprint density at radius 1 is 1.57 bits per heavy atom. The molecular weight excluding hydrogens is 192 g/mol. The van der Waals surface area contributed by atoms with Crippen LogP contribution in [0.3, 0.4) is 0 Å². The predicted octanol–water partition coefficient (Wildman–Crippen LogP) is 3.22. The van der Waals surface area contributed by atoms with Crippen LogP contribution in [0.2, 0.25) is 0 Å². The van der Waals surface area contributed by atoms with Gasteiger partial charge in [-0.3, -0.25) is 0 Å². The molecule has 0 amide bonds. The predicted molar refractivity (Wildman–Crippen MR) is 61.8 cm³/mol. The molecule has 2 rings (SSSR count). The number of rotatable bonds is 3. The zero-order valence-electron chi connectivity index (χ0n) is 8.49. The topological polar surface area (TPSA) is 24.9 Å². The molecule has 0 saturated carbocycles. The van der Waals surface area contributed by atoms with Crippen LogP contribution in [0.5, 0.6) is 0 Å². The fourth-order valence-electron chi connectivity index (χ4n) is 1.71. The number of nitrogens with zero attached hydrogens (tertiary/aromatic N) is 1. The van der Waals surface area contributed by atoms with E-state index in [0.29, 0.717) is 0 Å².